The molecule has 0 fully saturated rings. The van der Waals surface area contributed by atoms with Crippen molar-refractivity contribution in [3.63, 3.8) is 0 Å². The van der Waals surface area contributed by atoms with Crippen LogP contribution in [0.25, 0.3) is 0 Å². The van der Waals surface area contributed by atoms with Crippen molar-refractivity contribution in [3.8, 4) is 23.3 Å². The Hall–Kier alpha value is -3.71. The number of para-hydroxylation sites is 1. The van der Waals surface area contributed by atoms with Crippen molar-refractivity contribution in [2.75, 3.05) is 19.1 Å². The molecular weight excluding hydrogens is 408 g/mol. The number of rotatable bonds is 7. The number of anilines is 2. The molecule has 0 heterocycles. The Labute approximate surface area is 197 Å². The topological polar surface area (TPSA) is 34.1 Å². The molecule has 3 aromatic carbocycles. The molecule has 0 N–H and O–H groups in total. The lowest BCUT2D eigenvalue weighted by molar-refractivity contribution is 0.355. The molecule has 0 radical (unpaired) electrons. The number of benzene rings is 3. The van der Waals surface area contributed by atoms with Crippen molar-refractivity contribution >= 4 is 17.1 Å². The summed E-state index contributed by atoms with van der Waals surface area (Å²) in [7, 11) is 3.30. The summed E-state index contributed by atoms with van der Waals surface area (Å²) in [5, 5.41) is 0. The minimum atomic E-state index is 0.0789. The van der Waals surface area contributed by atoms with Crippen LogP contribution in [0, 0.1) is 11.8 Å². The van der Waals surface area contributed by atoms with Crippen LogP contribution in [-0.4, -0.2) is 32.0 Å². The van der Waals surface area contributed by atoms with Gasteiger partial charge in [-0.15, -0.1) is 0 Å². The van der Waals surface area contributed by atoms with Gasteiger partial charge in [-0.2, -0.15) is 0 Å². The van der Waals surface area contributed by atoms with Crippen molar-refractivity contribution in [2.45, 2.75) is 39.8 Å². The third-order valence-corrected chi connectivity index (χ3v) is 5.05. The van der Waals surface area contributed by atoms with Gasteiger partial charge < -0.3 is 14.4 Å². The lowest BCUT2D eigenvalue weighted by Gasteiger charge is -2.31. The third-order valence-electron chi connectivity index (χ3n) is 5.05. The van der Waals surface area contributed by atoms with E-state index in [1.165, 1.54) is 0 Å². The van der Waals surface area contributed by atoms with Crippen molar-refractivity contribution < 1.29 is 9.47 Å². The lowest BCUT2D eigenvalue weighted by atomic mass is 10.0. The zero-order chi connectivity index (χ0) is 23.8. The maximum atomic E-state index is 5.66. The van der Waals surface area contributed by atoms with Crippen molar-refractivity contribution in [1.82, 2.24) is 0 Å². The first-order valence-corrected chi connectivity index (χ1v) is 11.2. The quantitative estimate of drug-likeness (QED) is 0.311. The molecule has 4 nitrogen and oxygen atoms in total. The van der Waals surface area contributed by atoms with Gasteiger partial charge >= 0.3 is 0 Å². The minimum absolute atomic E-state index is 0.0789. The Kier molecular flexibility index (Phi) is 8.16. The van der Waals surface area contributed by atoms with Crippen LogP contribution in [0.2, 0.25) is 0 Å². The highest BCUT2D eigenvalue weighted by molar-refractivity contribution is 6.17. The molecule has 0 saturated carbocycles. The van der Waals surface area contributed by atoms with Gasteiger partial charge in [0.15, 0.2) is 11.5 Å². The first-order valence-electron chi connectivity index (χ1n) is 11.2. The smallest absolute Gasteiger partial charge is 0.162 e. The second kappa shape index (κ2) is 11.2. The molecule has 3 aromatic rings. The number of hydrogen-bond acceptors (Lipinski definition) is 4. The molecule has 0 spiro atoms. The summed E-state index contributed by atoms with van der Waals surface area (Å²) in [6.07, 6.45) is 0. The zero-order valence-corrected chi connectivity index (χ0v) is 20.3. The van der Waals surface area contributed by atoms with Gasteiger partial charge in [0.2, 0.25) is 0 Å². The molecular formula is C29H32N2O2. The van der Waals surface area contributed by atoms with E-state index in [0.717, 1.165) is 22.5 Å². The standard InChI is InChI=1S/C29H32N2O2/c1-21(2)30-26(18-17-23-13-9-7-10-14-23)25-19-28(32-5)29(33-6)20-27(25)31(22(3)4)24-15-11-8-12-16-24/h7-16,19-22H,1-6H3. The first kappa shape index (κ1) is 23.9. The summed E-state index contributed by atoms with van der Waals surface area (Å²) < 4.78 is 11.3. The predicted molar refractivity (Wildman–Crippen MR) is 138 cm³/mol. The molecule has 0 aliphatic heterocycles. The van der Waals surface area contributed by atoms with Crippen LogP contribution >= 0.6 is 0 Å². The van der Waals surface area contributed by atoms with Gasteiger partial charge in [0.05, 0.1) is 19.9 Å². The zero-order valence-electron chi connectivity index (χ0n) is 20.3. The van der Waals surface area contributed by atoms with Crippen LogP contribution in [-0.2, 0) is 0 Å². The summed E-state index contributed by atoms with van der Waals surface area (Å²) in [6, 6.07) is 24.5. The fourth-order valence-electron chi connectivity index (χ4n) is 3.64. The third kappa shape index (κ3) is 5.96. The maximum absolute atomic E-state index is 5.66. The van der Waals surface area contributed by atoms with E-state index in [-0.39, 0.29) is 12.1 Å². The molecule has 0 atom stereocenters. The largest absolute Gasteiger partial charge is 0.493 e. The van der Waals surface area contributed by atoms with Crippen LogP contribution in [0.15, 0.2) is 77.8 Å². The Morgan fingerprint density at radius 1 is 0.818 bits per heavy atom. The van der Waals surface area contributed by atoms with E-state index < -0.39 is 0 Å². The summed E-state index contributed by atoms with van der Waals surface area (Å²) in [5.74, 6) is 7.92. The molecule has 33 heavy (non-hydrogen) atoms. The van der Waals surface area contributed by atoms with Gasteiger partial charge in [0.25, 0.3) is 0 Å². The molecule has 4 heteroatoms. The van der Waals surface area contributed by atoms with E-state index in [0.29, 0.717) is 17.2 Å². The first-order chi connectivity index (χ1) is 15.9. The normalized spacial score (nSPS) is 11.2. The highest BCUT2D eigenvalue weighted by Crippen LogP contribution is 2.39. The van der Waals surface area contributed by atoms with Crippen LogP contribution in [0.1, 0.15) is 38.8 Å². The van der Waals surface area contributed by atoms with Crippen LogP contribution < -0.4 is 14.4 Å². The highest BCUT2D eigenvalue weighted by atomic mass is 16.5. The number of ether oxygens (including phenoxy) is 2. The van der Waals surface area contributed by atoms with E-state index >= 15 is 0 Å². The predicted octanol–water partition coefficient (Wildman–Crippen LogP) is 6.50. The van der Waals surface area contributed by atoms with Crippen LogP contribution in [0.5, 0.6) is 11.5 Å². The number of hydrogen-bond donors (Lipinski definition) is 0. The lowest BCUT2D eigenvalue weighted by Crippen LogP contribution is -2.27. The fraction of sp³-hybridized carbons (Fsp3) is 0.276. The van der Waals surface area contributed by atoms with Gasteiger partial charge in [0.1, 0.15) is 5.71 Å². The minimum Gasteiger partial charge on any atom is -0.493 e. The monoisotopic (exact) mass is 440 g/mol. The number of aliphatic imine (C=N–C) groups is 1. The van der Waals surface area contributed by atoms with E-state index in [9.17, 15) is 0 Å². The Bertz CT molecular complexity index is 1140. The summed E-state index contributed by atoms with van der Waals surface area (Å²) in [5.41, 5.74) is 4.62. The summed E-state index contributed by atoms with van der Waals surface area (Å²) in [6.45, 7) is 8.45. The molecule has 170 valence electrons. The number of nitrogens with zero attached hydrogens (tertiary/aromatic N) is 2. The van der Waals surface area contributed by atoms with Gasteiger partial charge in [-0.25, -0.2) is 0 Å². The molecule has 0 saturated heterocycles. The van der Waals surface area contributed by atoms with E-state index in [1.807, 2.05) is 60.7 Å². The summed E-state index contributed by atoms with van der Waals surface area (Å²) >= 11 is 0. The molecule has 0 aromatic heterocycles. The van der Waals surface area contributed by atoms with Crippen molar-refractivity contribution in [3.05, 3.63) is 83.9 Å². The average molecular weight is 441 g/mol. The van der Waals surface area contributed by atoms with Crippen molar-refractivity contribution in [2.24, 2.45) is 4.99 Å². The molecule has 0 aliphatic carbocycles. The SMILES string of the molecule is COc1cc(C(C#Cc2ccccc2)=NC(C)C)c(N(c2ccccc2)C(C)C)cc1OC. The highest BCUT2D eigenvalue weighted by Gasteiger charge is 2.22. The van der Waals surface area contributed by atoms with Crippen molar-refractivity contribution in [1.29, 1.82) is 0 Å². The second-order valence-electron chi connectivity index (χ2n) is 8.21. The van der Waals surface area contributed by atoms with Gasteiger partial charge in [-0.1, -0.05) is 42.3 Å². The van der Waals surface area contributed by atoms with Gasteiger partial charge in [-0.3, -0.25) is 4.99 Å². The molecule has 0 bridgehead atoms. The van der Waals surface area contributed by atoms with Crippen LogP contribution in [0.4, 0.5) is 11.4 Å². The second-order valence-corrected chi connectivity index (χ2v) is 8.21. The van der Waals surface area contributed by atoms with Gasteiger partial charge in [0, 0.05) is 35.0 Å². The Morgan fingerprint density at radius 2 is 1.39 bits per heavy atom. The Morgan fingerprint density at radius 3 is 1.94 bits per heavy atom. The molecule has 0 aliphatic rings. The van der Waals surface area contributed by atoms with Gasteiger partial charge in [-0.05, 0) is 63.9 Å². The molecule has 0 unspecified atom stereocenters. The molecule has 0 amide bonds. The van der Waals surface area contributed by atoms with E-state index in [4.69, 9.17) is 14.5 Å². The van der Waals surface area contributed by atoms with E-state index in [1.54, 1.807) is 14.2 Å². The van der Waals surface area contributed by atoms with Crippen LogP contribution in [0.3, 0.4) is 0 Å². The summed E-state index contributed by atoms with van der Waals surface area (Å²) in [4.78, 5) is 7.18. The fourth-order valence-corrected chi connectivity index (χ4v) is 3.64. The number of methoxy groups -OCH3 is 2. The van der Waals surface area contributed by atoms with E-state index in [2.05, 4.69) is 56.6 Å². The average Bonchev–Trinajstić information content (AvgIpc) is 2.82. The molecule has 3 rings (SSSR count). The Balaban J connectivity index is 2.28. The maximum Gasteiger partial charge on any atom is 0.162 e.